The number of hydrogen-bond acceptors (Lipinski definition) is 8. The van der Waals surface area contributed by atoms with Gasteiger partial charge in [0.15, 0.2) is 11.5 Å². The first-order chi connectivity index (χ1) is 16.4. The Morgan fingerprint density at radius 3 is 2.18 bits per heavy atom. The van der Waals surface area contributed by atoms with Crippen LogP contribution in [0.2, 0.25) is 5.02 Å². The zero-order valence-electron chi connectivity index (χ0n) is 20.0. The zero-order chi connectivity index (χ0) is 25.1. The molecule has 184 valence electrons. The van der Waals surface area contributed by atoms with Crippen molar-refractivity contribution >= 4 is 34.7 Å². The Morgan fingerprint density at radius 1 is 0.912 bits per heavy atom. The highest BCUT2D eigenvalue weighted by molar-refractivity contribution is 6.34. The number of ketones is 1. The van der Waals surface area contributed by atoms with Gasteiger partial charge in [-0.25, -0.2) is 0 Å². The Labute approximate surface area is 204 Å². The van der Waals surface area contributed by atoms with Crippen LogP contribution in [-0.4, -0.2) is 44.2 Å². The first-order valence-corrected chi connectivity index (χ1v) is 11.4. The van der Waals surface area contributed by atoms with Crippen LogP contribution in [0.1, 0.15) is 34.6 Å². The summed E-state index contributed by atoms with van der Waals surface area (Å²) in [5.74, 6) is 0.542. The summed E-state index contributed by atoms with van der Waals surface area (Å²) in [7, 11) is 0. The fraction of sp³-hybridized carbons (Fsp3) is 0.417. The minimum atomic E-state index is -1.39. The van der Waals surface area contributed by atoms with E-state index in [1.165, 1.54) is 6.92 Å². The van der Waals surface area contributed by atoms with Gasteiger partial charge in [-0.15, -0.1) is 0 Å². The minimum Gasteiger partial charge on any atom is -0.494 e. The van der Waals surface area contributed by atoms with Crippen LogP contribution in [0.25, 0.3) is 0 Å². The zero-order valence-corrected chi connectivity index (χ0v) is 20.8. The molecule has 0 aliphatic carbocycles. The molecule has 2 aromatic rings. The van der Waals surface area contributed by atoms with E-state index in [9.17, 15) is 9.59 Å². The maximum atomic E-state index is 12.9. The summed E-state index contributed by atoms with van der Waals surface area (Å²) in [4.78, 5) is 25.2. The number of azo groups is 1. The first-order valence-electron chi connectivity index (χ1n) is 11.1. The van der Waals surface area contributed by atoms with Gasteiger partial charge in [-0.2, -0.15) is 10.2 Å². The maximum Gasteiger partial charge on any atom is 0.258 e. The van der Waals surface area contributed by atoms with Crippen LogP contribution < -0.4 is 24.3 Å². The molecule has 0 aliphatic heterocycles. The summed E-state index contributed by atoms with van der Waals surface area (Å²) in [5, 5.41) is 11.0. The third kappa shape index (κ3) is 7.08. The monoisotopic (exact) mass is 491 g/mol. The highest BCUT2D eigenvalue weighted by Gasteiger charge is 2.25. The fourth-order valence-electron chi connectivity index (χ4n) is 2.93. The lowest BCUT2D eigenvalue weighted by Gasteiger charge is -2.17. The molecule has 2 aromatic carbocycles. The van der Waals surface area contributed by atoms with E-state index in [1.807, 2.05) is 20.8 Å². The summed E-state index contributed by atoms with van der Waals surface area (Å²) in [6.07, 6.45) is 0. The lowest BCUT2D eigenvalue weighted by atomic mass is 10.2. The van der Waals surface area contributed by atoms with Crippen LogP contribution in [-0.2, 0) is 9.59 Å². The van der Waals surface area contributed by atoms with Crippen molar-refractivity contribution in [2.24, 2.45) is 10.2 Å². The van der Waals surface area contributed by atoms with Gasteiger partial charge in [-0.3, -0.25) is 9.59 Å². The number of anilines is 1. The summed E-state index contributed by atoms with van der Waals surface area (Å²) < 4.78 is 22.2. The van der Waals surface area contributed by atoms with Gasteiger partial charge in [0.25, 0.3) is 5.91 Å². The number of amides is 1. The molecule has 0 aromatic heterocycles. The van der Waals surface area contributed by atoms with Crippen LogP contribution in [0, 0.1) is 0 Å². The van der Waals surface area contributed by atoms with Crippen molar-refractivity contribution in [1.29, 1.82) is 0 Å². The number of nitrogens with zero attached hydrogens (tertiary/aromatic N) is 2. The van der Waals surface area contributed by atoms with Crippen LogP contribution in [0.15, 0.2) is 40.6 Å². The van der Waals surface area contributed by atoms with Gasteiger partial charge in [0.1, 0.15) is 28.0 Å². The second-order valence-electron chi connectivity index (χ2n) is 6.83. The normalized spacial score (nSPS) is 11.7. The Morgan fingerprint density at radius 2 is 1.56 bits per heavy atom. The molecule has 9 nitrogen and oxygen atoms in total. The lowest BCUT2D eigenvalue weighted by Crippen LogP contribution is -2.32. The Bertz CT molecular complexity index is 1030. The first kappa shape index (κ1) is 26.9. The Kier molecular flexibility index (Phi) is 10.6. The van der Waals surface area contributed by atoms with Gasteiger partial charge >= 0.3 is 0 Å². The van der Waals surface area contributed by atoms with E-state index in [0.717, 1.165) is 0 Å². The van der Waals surface area contributed by atoms with E-state index in [4.69, 9.17) is 30.5 Å². The van der Waals surface area contributed by atoms with E-state index < -0.39 is 17.7 Å². The van der Waals surface area contributed by atoms with Crippen molar-refractivity contribution in [3.05, 3.63) is 35.4 Å². The largest absolute Gasteiger partial charge is 0.494 e. The standard InChI is InChI=1S/C24H30ClN3O6/c1-6-31-16-10-11-17(20(14-16)33-8-3)27-28-22(15(5)29)24(30)26-18-12-13-19(32-7-2)21(25)23(18)34-9-4/h10-14,22H,6-9H2,1-5H3,(H,26,30). The smallest absolute Gasteiger partial charge is 0.258 e. The van der Waals surface area contributed by atoms with E-state index in [1.54, 1.807) is 37.3 Å². The highest BCUT2D eigenvalue weighted by atomic mass is 35.5. The van der Waals surface area contributed by atoms with Crippen molar-refractivity contribution in [2.45, 2.75) is 40.7 Å². The van der Waals surface area contributed by atoms with Gasteiger partial charge < -0.3 is 24.3 Å². The second kappa shape index (κ2) is 13.4. The van der Waals surface area contributed by atoms with Gasteiger partial charge in [0.05, 0.1) is 32.1 Å². The number of ether oxygens (including phenoxy) is 4. The molecule has 0 spiro atoms. The number of carbonyl (C=O) groups excluding carboxylic acids is 2. The number of rotatable bonds is 13. The number of Topliss-reactive ketones (excluding diaryl/α,β-unsaturated/α-hetero) is 1. The number of hydrogen-bond donors (Lipinski definition) is 1. The molecule has 10 heteroatoms. The number of carbonyl (C=O) groups is 2. The average Bonchev–Trinajstić information content (AvgIpc) is 2.79. The van der Waals surface area contributed by atoms with Crippen molar-refractivity contribution < 1.29 is 28.5 Å². The second-order valence-corrected chi connectivity index (χ2v) is 7.21. The van der Waals surface area contributed by atoms with Gasteiger partial charge in [0.2, 0.25) is 6.04 Å². The molecule has 1 amide bonds. The van der Waals surface area contributed by atoms with Gasteiger partial charge in [-0.1, -0.05) is 11.6 Å². The van der Waals surface area contributed by atoms with E-state index in [2.05, 4.69) is 15.5 Å². The topological polar surface area (TPSA) is 108 Å². The molecular formula is C24H30ClN3O6. The van der Waals surface area contributed by atoms with Gasteiger partial charge in [-0.05, 0) is 58.9 Å². The maximum absolute atomic E-state index is 12.9. The summed E-state index contributed by atoms with van der Waals surface area (Å²) >= 11 is 6.39. The van der Waals surface area contributed by atoms with Crippen molar-refractivity contribution in [2.75, 3.05) is 31.7 Å². The average molecular weight is 492 g/mol. The molecule has 0 saturated heterocycles. The molecule has 0 bridgehead atoms. The summed E-state index contributed by atoms with van der Waals surface area (Å²) in [5.41, 5.74) is 0.654. The summed E-state index contributed by atoms with van der Waals surface area (Å²) in [6, 6.07) is 6.85. The van der Waals surface area contributed by atoms with Crippen LogP contribution in [0.3, 0.4) is 0 Å². The molecule has 0 radical (unpaired) electrons. The SMILES string of the molecule is CCOc1ccc(N=NC(C(C)=O)C(=O)Nc2ccc(OCC)c(Cl)c2OCC)c(OCC)c1. The number of halogens is 1. The Balaban J connectivity index is 2.31. The predicted molar refractivity (Wildman–Crippen MR) is 130 cm³/mol. The fourth-order valence-corrected chi connectivity index (χ4v) is 3.21. The van der Waals surface area contributed by atoms with Crippen LogP contribution in [0.4, 0.5) is 11.4 Å². The molecule has 0 saturated carbocycles. The van der Waals surface area contributed by atoms with Crippen molar-refractivity contribution in [3.8, 4) is 23.0 Å². The van der Waals surface area contributed by atoms with E-state index in [-0.39, 0.29) is 16.5 Å². The molecule has 0 fully saturated rings. The Hall–Kier alpha value is -3.33. The third-order valence-electron chi connectivity index (χ3n) is 4.36. The van der Waals surface area contributed by atoms with E-state index >= 15 is 0 Å². The summed E-state index contributed by atoms with van der Waals surface area (Å²) in [6.45, 7) is 10.2. The molecule has 0 heterocycles. The minimum absolute atomic E-state index is 0.221. The molecule has 1 N–H and O–H groups in total. The number of benzene rings is 2. The molecule has 0 aliphatic rings. The number of nitrogens with one attached hydrogen (secondary N) is 1. The molecule has 2 rings (SSSR count). The van der Waals surface area contributed by atoms with Gasteiger partial charge in [0, 0.05) is 6.07 Å². The molecule has 1 unspecified atom stereocenters. The van der Waals surface area contributed by atoms with Crippen molar-refractivity contribution in [1.82, 2.24) is 0 Å². The molecular weight excluding hydrogens is 462 g/mol. The van der Waals surface area contributed by atoms with E-state index in [0.29, 0.717) is 49.4 Å². The predicted octanol–water partition coefficient (Wildman–Crippen LogP) is 5.61. The quantitative estimate of drug-likeness (QED) is 0.288. The lowest BCUT2D eigenvalue weighted by molar-refractivity contribution is -0.126. The van der Waals surface area contributed by atoms with Crippen molar-refractivity contribution in [3.63, 3.8) is 0 Å². The highest BCUT2D eigenvalue weighted by Crippen LogP contribution is 2.40. The molecule has 1 atom stereocenters. The molecule has 34 heavy (non-hydrogen) atoms. The van der Waals surface area contributed by atoms with Crippen LogP contribution in [0.5, 0.6) is 23.0 Å². The third-order valence-corrected chi connectivity index (χ3v) is 4.72. The van der Waals surface area contributed by atoms with Crippen LogP contribution >= 0.6 is 11.6 Å².